The summed E-state index contributed by atoms with van der Waals surface area (Å²) in [5, 5.41) is 0. The van der Waals surface area contributed by atoms with Crippen LogP contribution in [0.2, 0.25) is 19.6 Å². The Morgan fingerprint density at radius 3 is 1.86 bits per heavy atom. The molecule has 0 amide bonds. The van der Waals surface area contributed by atoms with Crippen LogP contribution >= 0.6 is 0 Å². The molecule has 0 radical (unpaired) electrons. The number of hydrogen-bond donors (Lipinski definition) is 0. The van der Waals surface area contributed by atoms with Crippen molar-refractivity contribution in [1.82, 2.24) is 0 Å². The SMILES string of the molecule is CC(CCCO[Si](C)(C)C)(C1=CC=CC1)C1=CC=CC1.[LiH].[LiH]. The molecule has 22 heavy (non-hydrogen) atoms. The molecule has 0 aliphatic heterocycles. The van der Waals surface area contributed by atoms with E-state index < -0.39 is 8.32 Å². The van der Waals surface area contributed by atoms with Gasteiger partial charge in [-0.1, -0.05) is 54.5 Å². The third-order valence-corrected chi connectivity index (χ3v) is 5.39. The second-order valence-corrected chi connectivity index (χ2v) is 11.6. The fourth-order valence-electron chi connectivity index (χ4n) is 3.04. The van der Waals surface area contributed by atoms with Crippen LogP contribution < -0.4 is 0 Å². The molecule has 0 atom stereocenters. The molecule has 1 nitrogen and oxygen atoms in total. The number of allylic oxidation sites excluding steroid dienone is 8. The van der Waals surface area contributed by atoms with Gasteiger partial charge in [-0.05, 0) is 45.3 Å². The molecule has 2 aliphatic carbocycles. The Morgan fingerprint density at radius 1 is 1.00 bits per heavy atom. The van der Waals surface area contributed by atoms with Crippen molar-refractivity contribution in [2.75, 3.05) is 6.61 Å². The van der Waals surface area contributed by atoms with E-state index in [0.717, 1.165) is 25.9 Å². The molecule has 0 spiro atoms. The molecule has 114 valence electrons. The van der Waals surface area contributed by atoms with Gasteiger partial charge in [0.25, 0.3) is 0 Å². The quantitative estimate of drug-likeness (QED) is 0.508. The zero-order valence-corrected chi connectivity index (χ0v) is 14.4. The van der Waals surface area contributed by atoms with Gasteiger partial charge >= 0.3 is 37.7 Å². The van der Waals surface area contributed by atoms with Gasteiger partial charge in [0.1, 0.15) is 0 Å². The molecule has 0 N–H and O–H groups in total. The van der Waals surface area contributed by atoms with Crippen molar-refractivity contribution in [2.24, 2.45) is 5.41 Å². The zero-order valence-electron chi connectivity index (χ0n) is 13.4. The molecule has 2 rings (SSSR count). The summed E-state index contributed by atoms with van der Waals surface area (Å²) in [4.78, 5) is 0. The van der Waals surface area contributed by atoms with Crippen LogP contribution in [0.1, 0.15) is 32.6 Å². The predicted octanol–water partition coefficient (Wildman–Crippen LogP) is 4.10. The Bertz CT molecular complexity index is 440. The van der Waals surface area contributed by atoms with Crippen LogP contribution in [0.5, 0.6) is 0 Å². The first kappa shape index (κ1) is 22.3. The third-order valence-electron chi connectivity index (χ3n) is 4.32. The van der Waals surface area contributed by atoms with Crippen molar-refractivity contribution in [2.45, 2.75) is 52.2 Å². The molecule has 0 unspecified atom stereocenters. The van der Waals surface area contributed by atoms with Crippen LogP contribution in [0.15, 0.2) is 47.6 Å². The minimum atomic E-state index is -1.37. The van der Waals surface area contributed by atoms with Gasteiger partial charge < -0.3 is 4.43 Å². The van der Waals surface area contributed by atoms with Gasteiger partial charge in [-0.3, -0.25) is 0 Å². The topological polar surface area (TPSA) is 9.23 Å². The molecule has 0 saturated heterocycles. The summed E-state index contributed by atoms with van der Waals surface area (Å²) in [6.45, 7) is 10.1. The average Bonchev–Trinajstić information content (AvgIpc) is 3.04. The average molecular weight is 304 g/mol. The van der Waals surface area contributed by atoms with Gasteiger partial charge in [0.05, 0.1) is 0 Å². The summed E-state index contributed by atoms with van der Waals surface area (Å²) in [7, 11) is -1.37. The fraction of sp³-hybridized carbons (Fsp3) is 0.556. The van der Waals surface area contributed by atoms with Crippen molar-refractivity contribution in [3.63, 3.8) is 0 Å². The summed E-state index contributed by atoms with van der Waals surface area (Å²) in [6, 6.07) is 0. The molecule has 2 aliphatic rings. The Morgan fingerprint density at radius 2 is 1.50 bits per heavy atom. The zero-order chi connectivity index (χ0) is 14.6. The minimum absolute atomic E-state index is 0. The van der Waals surface area contributed by atoms with E-state index in [2.05, 4.69) is 63.0 Å². The summed E-state index contributed by atoms with van der Waals surface area (Å²) < 4.78 is 6.02. The van der Waals surface area contributed by atoms with Gasteiger partial charge in [0, 0.05) is 12.0 Å². The van der Waals surface area contributed by atoms with Crippen LogP contribution in [0, 0.1) is 5.41 Å². The van der Waals surface area contributed by atoms with E-state index in [1.165, 1.54) is 6.42 Å². The molecular weight excluding hydrogens is 274 g/mol. The Kier molecular flexibility index (Phi) is 9.73. The van der Waals surface area contributed by atoms with E-state index in [1.807, 2.05) is 0 Å². The van der Waals surface area contributed by atoms with Gasteiger partial charge in [-0.25, -0.2) is 0 Å². The fourth-order valence-corrected chi connectivity index (χ4v) is 3.80. The molecule has 0 aromatic carbocycles. The van der Waals surface area contributed by atoms with Gasteiger partial charge in [-0.2, -0.15) is 0 Å². The normalized spacial score (nSPS) is 16.9. The van der Waals surface area contributed by atoms with E-state index >= 15 is 0 Å². The molecule has 0 fully saturated rings. The number of rotatable bonds is 7. The van der Waals surface area contributed by atoms with Crippen molar-refractivity contribution in [3.8, 4) is 0 Å². The van der Waals surface area contributed by atoms with Crippen LogP contribution in [0.25, 0.3) is 0 Å². The Balaban J connectivity index is 0.00000220. The van der Waals surface area contributed by atoms with Gasteiger partial charge in [0.15, 0.2) is 8.32 Å². The molecule has 0 bridgehead atoms. The summed E-state index contributed by atoms with van der Waals surface area (Å²) in [5.74, 6) is 0. The summed E-state index contributed by atoms with van der Waals surface area (Å²) in [5.41, 5.74) is 3.36. The first-order valence-electron chi connectivity index (χ1n) is 7.78. The van der Waals surface area contributed by atoms with Crippen LogP contribution in [0.4, 0.5) is 0 Å². The first-order valence-corrected chi connectivity index (χ1v) is 11.2. The standard InChI is InChI=1S/C18H28OSi.2Li.2H/c1-18(16-10-5-6-11-16,17-12-7-8-13-17)14-9-15-19-20(2,3)4;;;;/h5-8,10,12H,9,11,13-15H2,1-4H3;;;;. The van der Waals surface area contributed by atoms with Crippen LogP contribution in [-0.4, -0.2) is 52.6 Å². The molecule has 0 heterocycles. The molecule has 4 heteroatoms. The van der Waals surface area contributed by atoms with E-state index in [0.29, 0.717) is 0 Å². The first-order chi connectivity index (χ1) is 9.42. The van der Waals surface area contributed by atoms with Crippen molar-refractivity contribution < 1.29 is 4.43 Å². The van der Waals surface area contributed by atoms with Crippen LogP contribution in [-0.2, 0) is 4.43 Å². The monoisotopic (exact) mass is 304 g/mol. The van der Waals surface area contributed by atoms with Crippen LogP contribution in [0.3, 0.4) is 0 Å². The Labute approximate surface area is 161 Å². The van der Waals surface area contributed by atoms with Crippen molar-refractivity contribution in [3.05, 3.63) is 47.6 Å². The summed E-state index contributed by atoms with van der Waals surface area (Å²) in [6.07, 6.45) is 18.2. The molecular formula is C18H30Li2OSi. The third kappa shape index (κ3) is 6.09. The maximum atomic E-state index is 6.02. The van der Waals surface area contributed by atoms with E-state index in [4.69, 9.17) is 4.43 Å². The predicted molar refractivity (Wildman–Crippen MR) is 105 cm³/mol. The summed E-state index contributed by atoms with van der Waals surface area (Å²) >= 11 is 0. The van der Waals surface area contributed by atoms with Crippen molar-refractivity contribution in [1.29, 1.82) is 0 Å². The van der Waals surface area contributed by atoms with E-state index in [1.54, 1.807) is 11.1 Å². The van der Waals surface area contributed by atoms with Gasteiger partial charge in [0.2, 0.25) is 0 Å². The molecule has 0 aromatic heterocycles. The molecule has 0 saturated carbocycles. The van der Waals surface area contributed by atoms with Crippen molar-refractivity contribution >= 4 is 46.0 Å². The van der Waals surface area contributed by atoms with E-state index in [-0.39, 0.29) is 43.1 Å². The molecule has 0 aromatic rings. The number of hydrogen-bond acceptors (Lipinski definition) is 1. The second-order valence-electron chi connectivity index (χ2n) is 7.04. The van der Waals surface area contributed by atoms with Gasteiger partial charge in [-0.15, -0.1) is 0 Å². The van der Waals surface area contributed by atoms with E-state index in [9.17, 15) is 0 Å². The maximum absolute atomic E-state index is 6.02. The second kappa shape index (κ2) is 9.58. The Hall–Kier alpha value is 0.332.